The maximum Gasteiger partial charge on any atom is 1.00 e. The zero-order valence-electron chi connectivity index (χ0n) is 15.8. The van der Waals surface area contributed by atoms with Crippen molar-refractivity contribution in [3.63, 3.8) is 0 Å². The van der Waals surface area contributed by atoms with Crippen LogP contribution in [0.1, 0.15) is 42.5 Å². The molecule has 0 fully saturated rings. The van der Waals surface area contributed by atoms with E-state index < -0.39 is 11.6 Å². The molecule has 0 spiro atoms. The van der Waals surface area contributed by atoms with Gasteiger partial charge in [-0.1, -0.05) is 55.5 Å². The Balaban J connectivity index is 0.00000210. The molecule has 0 bridgehead atoms. The molecule has 0 radical (unpaired) electrons. The first-order valence-corrected chi connectivity index (χ1v) is 9.12. The summed E-state index contributed by atoms with van der Waals surface area (Å²) in [6.45, 7) is 2.47. The number of aromatic amines is 1. The van der Waals surface area contributed by atoms with Gasteiger partial charge in [-0.3, -0.25) is 0 Å². The minimum atomic E-state index is -1.09. The van der Waals surface area contributed by atoms with E-state index in [-0.39, 0.29) is 41.9 Å². The van der Waals surface area contributed by atoms with Gasteiger partial charge in [-0.05, 0) is 30.0 Å². The SMILES string of the molecule is CC[C@]1(CC(=O)[O-])OC[C@@H](Cc2ccccc2)c2c1[nH]c1ccccc21.[Na+]. The second-order valence-corrected chi connectivity index (χ2v) is 7.05. The first-order valence-electron chi connectivity index (χ1n) is 9.12. The number of carboxylic acid groups (broad SMARTS) is 1. The molecule has 5 heteroatoms. The molecule has 1 aliphatic rings. The zero-order chi connectivity index (χ0) is 18.1. The number of carbonyl (C=O) groups excluding carboxylic acids is 1. The molecule has 134 valence electrons. The number of hydrogen-bond acceptors (Lipinski definition) is 3. The van der Waals surface area contributed by atoms with Gasteiger partial charge >= 0.3 is 29.6 Å². The third kappa shape index (κ3) is 3.72. The minimum absolute atomic E-state index is 0. The van der Waals surface area contributed by atoms with E-state index in [1.807, 2.05) is 43.3 Å². The van der Waals surface area contributed by atoms with Crippen LogP contribution in [0.5, 0.6) is 0 Å². The molecule has 27 heavy (non-hydrogen) atoms. The Morgan fingerprint density at radius 2 is 1.89 bits per heavy atom. The topological polar surface area (TPSA) is 65.2 Å². The van der Waals surface area contributed by atoms with Crippen LogP contribution in [-0.4, -0.2) is 17.6 Å². The molecule has 0 saturated heterocycles. The summed E-state index contributed by atoms with van der Waals surface area (Å²) >= 11 is 0. The standard InChI is InChI=1S/C22H23NO3.Na/c1-2-22(13-19(24)25)21-20(17-10-6-7-11-18(17)23-21)16(14-26-22)12-15-8-4-3-5-9-15;/h3-11,16,23H,2,12-14H2,1H3,(H,24,25);/q;+1/p-1/t16-,22-;/m1./s1. The number of nitrogens with one attached hydrogen (secondary N) is 1. The molecule has 1 aliphatic heterocycles. The number of H-pyrrole nitrogens is 1. The number of rotatable bonds is 5. The van der Waals surface area contributed by atoms with Crippen LogP contribution in [0.2, 0.25) is 0 Å². The van der Waals surface area contributed by atoms with Gasteiger partial charge in [-0.15, -0.1) is 0 Å². The molecule has 4 rings (SSSR count). The van der Waals surface area contributed by atoms with Crippen molar-refractivity contribution < 1.29 is 44.2 Å². The monoisotopic (exact) mass is 371 g/mol. The molecule has 3 aromatic rings. The largest absolute Gasteiger partial charge is 1.00 e. The van der Waals surface area contributed by atoms with Gasteiger partial charge in [0.05, 0.1) is 12.3 Å². The fraction of sp³-hybridized carbons (Fsp3) is 0.318. The summed E-state index contributed by atoms with van der Waals surface area (Å²) in [6, 6.07) is 18.5. The molecule has 0 unspecified atom stereocenters. The summed E-state index contributed by atoms with van der Waals surface area (Å²) in [5.41, 5.74) is 3.52. The molecule has 0 saturated carbocycles. The van der Waals surface area contributed by atoms with Crippen molar-refractivity contribution in [3.05, 3.63) is 71.4 Å². The number of aromatic nitrogens is 1. The summed E-state index contributed by atoms with van der Waals surface area (Å²) in [5, 5.41) is 12.6. The number of benzene rings is 2. The van der Waals surface area contributed by atoms with Gasteiger partial charge in [0.1, 0.15) is 5.60 Å². The van der Waals surface area contributed by atoms with Gasteiger partial charge in [0.15, 0.2) is 0 Å². The fourth-order valence-electron chi connectivity index (χ4n) is 4.20. The summed E-state index contributed by atoms with van der Waals surface area (Å²) in [5.74, 6) is -0.900. The van der Waals surface area contributed by atoms with Crippen molar-refractivity contribution in [2.45, 2.75) is 37.7 Å². The molecule has 2 heterocycles. The molecule has 1 N–H and O–H groups in total. The van der Waals surface area contributed by atoms with Crippen LogP contribution in [0.25, 0.3) is 10.9 Å². The van der Waals surface area contributed by atoms with E-state index in [1.54, 1.807) is 0 Å². The van der Waals surface area contributed by atoms with E-state index in [1.165, 1.54) is 11.1 Å². The number of carbonyl (C=O) groups is 1. The van der Waals surface area contributed by atoms with Crippen molar-refractivity contribution in [1.29, 1.82) is 0 Å². The third-order valence-corrected chi connectivity index (χ3v) is 5.50. The summed E-state index contributed by atoms with van der Waals surface area (Å²) < 4.78 is 6.21. The van der Waals surface area contributed by atoms with Crippen LogP contribution < -0.4 is 34.7 Å². The average Bonchev–Trinajstić information content (AvgIpc) is 3.05. The van der Waals surface area contributed by atoms with Crippen molar-refractivity contribution in [1.82, 2.24) is 4.98 Å². The Bertz CT molecular complexity index is 937. The van der Waals surface area contributed by atoms with Crippen LogP contribution >= 0.6 is 0 Å². The summed E-state index contributed by atoms with van der Waals surface area (Å²) in [7, 11) is 0. The van der Waals surface area contributed by atoms with Crippen LogP contribution in [0.4, 0.5) is 0 Å². The Labute approximate surface area is 181 Å². The van der Waals surface area contributed by atoms with Crippen LogP contribution in [0.15, 0.2) is 54.6 Å². The molecular weight excluding hydrogens is 349 g/mol. The number of ether oxygens (including phenoxy) is 1. The van der Waals surface area contributed by atoms with Gasteiger partial charge < -0.3 is 19.6 Å². The van der Waals surface area contributed by atoms with E-state index in [2.05, 4.69) is 23.2 Å². The van der Waals surface area contributed by atoms with E-state index >= 15 is 0 Å². The van der Waals surface area contributed by atoms with Gasteiger partial charge in [0, 0.05) is 29.2 Å². The number of para-hydroxylation sites is 1. The number of hydrogen-bond donors (Lipinski definition) is 1. The Kier molecular flexibility index (Phi) is 6.11. The predicted molar refractivity (Wildman–Crippen MR) is 98.7 cm³/mol. The van der Waals surface area contributed by atoms with E-state index in [9.17, 15) is 9.90 Å². The second-order valence-electron chi connectivity index (χ2n) is 7.05. The number of aliphatic carboxylic acids is 1. The Hall–Kier alpha value is -1.59. The molecule has 2 atom stereocenters. The van der Waals surface area contributed by atoms with Crippen molar-refractivity contribution in [2.24, 2.45) is 0 Å². The third-order valence-electron chi connectivity index (χ3n) is 5.50. The molecular formula is C22H22NNaO3. The number of carboxylic acids is 1. The van der Waals surface area contributed by atoms with E-state index in [0.717, 1.165) is 23.0 Å². The predicted octanol–water partition coefficient (Wildman–Crippen LogP) is 0.274. The summed E-state index contributed by atoms with van der Waals surface area (Å²) in [4.78, 5) is 14.9. The van der Waals surface area contributed by atoms with Gasteiger partial charge in [-0.2, -0.15) is 0 Å². The number of fused-ring (bicyclic) bond motifs is 3. The van der Waals surface area contributed by atoms with Crippen LogP contribution in [-0.2, 0) is 21.6 Å². The fourth-order valence-corrected chi connectivity index (χ4v) is 4.20. The smallest absolute Gasteiger partial charge is 0.550 e. The maximum atomic E-state index is 11.4. The quantitative estimate of drug-likeness (QED) is 0.655. The van der Waals surface area contributed by atoms with Crippen LogP contribution in [0, 0.1) is 0 Å². The molecule has 0 aliphatic carbocycles. The molecule has 2 aromatic carbocycles. The normalized spacial score (nSPS) is 21.4. The van der Waals surface area contributed by atoms with Crippen LogP contribution in [0.3, 0.4) is 0 Å². The molecule has 0 amide bonds. The van der Waals surface area contributed by atoms with Crippen molar-refractivity contribution in [3.8, 4) is 0 Å². The maximum absolute atomic E-state index is 11.4. The Morgan fingerprint density at radius 3 is 2.59 bits per heavy atom. The minimum Gasteiger partial charge on any atom is -0.550 e. The first-order chi connectivity index (χ1) is 12.6. The first kappa shape index (κ1) is 20.2. The summed E-state index contributed by atoms with van der Waals surface area (Å²) in [6.07, 6.45) is 1.31. The van der Waals surface area contributed by atoms with Gasteiger partial charge in [-0.25, -0.2) is 0 Å². The zero-order valence-corrected chi connectivity index (χ0v) is 17.8. The van der Waals surface area contributed by atoms with Crippen molar-refractivity contribution in [2.75, 3.05) is 6.61 Å². The van der Waals surface area contributed by atoms with Crippen molar-refractivity contribution >= 4 is 16.9 Å². The molecule has 1 aromatic heterocycles. The van der Waals surface area contributed by atoms with E-state index in [0.29, 0.717) is 13.0 Å². The van der Waals surface area contributed by atoms with Gasteiger partial charge in [0.2, 0.25) is 0 Å². The molecule has 4 nitrogen and oxygen atoms in total. The van der Waals surface area contributed by atoms with E-state index in [4.69, 9.17) is 4.74 Å². The second kappa shape index (κ2) is 8.19. The van der Waals surface area contributed by atoms with Gasteiger partial charge in [0.25, 0.3) is 0 Å². The Morgan fingerprint density at radius 1 is 1.19 bits per heavy atom. The average molecular weight is 371 g/mol.